The summed E-state index contributed by atoms with van der Waals surface area (Å²) in [7, 11) is 0. The van der Waals surface area contributed by atoms with Crippen molar-refractivity contribution in [2.75, 3.05) is 0 Å². The topological polar surface area (TPSA) is 12.0 Å². The maximum atomic E-state index is 13.2. The van der Waals surface area contributed by atoms with E-state index in [-0.39, 0.29) is 6.04 Å². The van der Waals surface area contributed by atoms with Crippen molar-refractivity contribution in [3.05, 3.63) is 35.1 Å². The van der Waals surface area contributed by atoms with Crippen molar-refractivity contribution in [2.45, 2.75) is 64.7 Å². The molecule has 0 aliphatic carbocycles. The van der Waals surface area contributed by atoms with Gasteiger partial charge in [0.15, 0.2) is 0 Å². The van der Waals surface area contributed by atoms with Crippen LogP contribution in [-0.4, -0.2) is 6.04 Å². The number of unbranched alkanes of at least 4 members (excludes halogenated alkanes) is 3. The molecule has 120 valence electrons. The van der Waals surface area contributed by atoms with Gasteiger partial charge in [0.05, 0.1) is 5.56 Å². The molecule has 1 aromatic carbocycles. The second-order valence-electron chi connectivity index (χ2n) is 5.44. The molecule has 0 aliphatic rings. The molecular weight excluding hydrogens is 282 g/mol. The Bertz CT molecular complexity index is 429. The standard InChI is InChI=1S/C16H23F4N/c1-3-4-5-6-7-12(2)21-11-13-8-9-15(17)14(10-13)16(18,19)20/h8-10,12,21H,3-7,11H2,1-2H3. The molecule has 1 atom stereocenters. The Morgan fingerprint density at radius 2 is 1.86 bits per heavy atom. The summed E-state index contributed by atoms with van der Waals surface area (Å²) in [4.78, 5) is 0. The minimum absolute atomic E-state index is 0.237. The fourth-order valence-corrected chi connectivity index (χ4v) is 2.17. The van der Waals surface area contributed by atoms with Gasteiger partial charge in [-0.2, -0.15) is 13.2 Å². The van der Waals surface area contributed by atoms with Crippen LogP contribution in [-0.2, 0) is 12.7 Å². The third-order valence-electron chi connectivity index (χ3n) is 3.48. The highest BCUT2D eigenvalue weighted by Crippen LogP contribution is 2.31. The van der Waals surface area contributed by atoms with E-state index in [4.69, 9.17) is 0 Å². The zero-order valence-corrected chi connectivity index (χ0v) is 12.6. The third kappa shape index (κ3) is 6.46. The summed E-state index contributed by atoms with van der Waals surface area (Å²) in [5, 5.41) is 3.18. The van der Waals surface area contributed by atoms with E-state index in [1.165, 1.54) is 25.3 Å². The molecule has 1 aromatic rings. The average Bonchev–Trinajstić information content (AvgIpc) is 2.41. The van der Waals surface area contributed by atoms with E-state index in [0.717, 1.165) is 25.0 Å². The highest BCUT2D eigenvalue weighted by Gasteiger charge is 2.34. The van der Waals surface area contributed by atoms with E-state index < -0.39 is 17.6 Å². The summed E-state index contributed by atoms with van der Waals surface area (Å²) < 4.78 is 51.0. The molecule has 0 saturated heterocycles. The molecular formula is C16H23F4N. The van der Waals surface area contributed by atoms with Crippen LogP contribution in [0.2, 0.25) is 0 Å². The van der Waals surface area contributed by atoms with Gasteiger partial charge < -0.3 is 5.32 Å². The lowest BCUT2D eigenvalue weighted by Gasteiger charge is -2.15. The molecule has 1 unspecified atom stereocenters. The second-order valence-corrected chi connectivity index (χ2v) is 5.44. The van der Waals surface area contributed by atoms with Gasteiger partial charge in [0.1, 0.15) is 5.82 Å². The van der Waals surface area contributed by atoms with Gasteiger partial charge in [-0.15, -0.1) is 0 Å². The van der Waals surface area contributed by atoms with Crippen LogP contribution in [0.15, 0.2) is 18.2 Å². The van der Waals surface area contributed by atoms with Crippen LogP contribution in [0, 0.1) is 5.82 Å². The Morgan fingerprint density at radius 1 is 1.14 bits per heavy atom. The first-order valence-electron chi connectivity index (χ1n) is 7.43. The highest BCUT2D eigenvalue weighted by atomic mass is 19.4. The highest BCUT2D eigenvalue weighted by molar-refractivity contribution is 5.27. The fraction of sp³-hybridized carbons (Fsp3) is 0.625. The van der Waals surface area contributed by atoms with Crippen molar-refractivity contribution >= 4 is 0 Å². The van der Waals surface area contributed by atoms with E-state index in [0.29, 0.717) is 12.1 Å². The van der Waals surface area contributed by atoms with Crippen LogP contribution in [0.25, 0.3) is 0 Å². The normalized spacial score (nSPS) is 13.4. The van der Waals surface area contributed by atoms with Gasteiger partial charge in [-0.05, 0) is 31.0 Å². The summed E-state index contributed by atoms with van der Waals surface area (Å²) in [5.41, 5.74) is -0.749. The lowest BCUT2D eigenvalue weighted by atomic mass is 10.1. The number of alkyl halides is 3. The Labute approximate surface area is 123 Å². The van der Waals surface area contributed by atoms with Gasteiger partial charge in [-0.1, -0.05) is 38.7 Å². The van der Waals surface area contributed by atoms with Crippen molar-refractivity contribution in [3.8, 4) is 0 Å². The van der Waals surface area contributed by atoms with Crippen molar-refractivity contribution in [1.29, 1.82) is 0 Å². The van der Waals surface area contributed by atoms with Crippen molar-refractivity contribution in [2.24, 2.45) is 0 Å². The Kier molecular flexibility index (Phi) is 7.15. The average molecular weight is 305 g/mol. The number of hydrogen-bond donors (Lipinski definition) is 1. The predicted molar refractivity (Wildman–Crippen MR) is 76.5 cm³/mol. The first kappa shape index (κ1) is 18.0. The van der Waals surface area contributed by atoms with Crippen molar-refractivity contribution < 1.29 is 17.6 Å². The number of rotatable bonds is 8. The molecule has 0 spiro atoms. The van der Waals surface area contributed by atoms with E-state index in [2.05, 4.69) is 12.2 Å². The molecule has 5 heteroatoms. The van der Waals surface area contributed by atoms with Crippen LogP contribution in [0.3, 0.4) is 0 Å². The van der Waals surface area contributed by atoms with E-state index >= 15 is 0 Å². The summed E-state index contributed by atoms with van der Waals surface area (Å²) in [6, 6.07) is 3.39. The van der Waals surface area contributed by atoms with Crippen LogP contribution in [0.4, 0.5) is 17.6 Å². The predicted octanol–water partition coefficient (Wildman–Crippen LogP) is 5.29. The molecule has 21 heavy (non-hydrogen) atoms. The maximum Gasteiger partial charge on any atom is 0.419 e. The smallest absolute Gasteiger partial charge is 0.310 e. The molecule has 0 saturated carbocycles. The number of nitrogens with one attached hydrogen (secondary N) is 1. The molecule has 0 aromatic heterocycles. The Balaban J connectivity index is 2.48. The summed E-state index contributed by atoms with van der Waals surface area (Å²) in [5.74, 6) is -1.22. The first-order chi connectivity index (χ1) is 9.84. The fourth-order valence-electron chi connectivity index (χ4n) is 2.17. The van der Waals surface area contributed by atoms with Crippen molar-refractivity contribution in [1.82, 2.24) is 5.32 Å². The molecule has 0 amide bonds. The van der Waals surface area contributed by atoms with Gasteiger partial charge in [0.25, 0.3) is 0 Å². The minimum atomic E-state index is -4.65. The molecule has 0 bridgehead atoms. The molecule has 1 N–H and O–H groups in total. The van der Waals surface area contributed by atoms with Crippen molar-refractivity contribution in [3.63, 3.8) is 0 Å². The Hall–Kier alpha value is -1.10. The molecule has 0 radical (unpaired) electrons. The Morgan fingerprint density at radius 3 is 2.48 bits per heavy atom. The zero-order chi connectivity index (χ0) is 15.9. The molecule has 1 nitrogen and oxygen atoms in total. The third-order valence-corrected chi connectivity index (χ3v) is 3.48. The summed E-state index contributed by atoms with van der Waals surface area (Å²) in [6.07, 6.45) is 1.02. The van der Waals surface area contributed by atoms with Gasteiger partial charge in [0.2, 0.25) is 0 Å². The van der Waals surface area contributed by atoms with Gasteiger partial charge in [0, 0.05) is 12.6 Å². The number of halogens is 4. The van der Waals surface area contributed by atoms with Crippen LogP contribution < -0.4 is 5.32 Å². The van der Waals surface area contributed by atoms with E-state index in [1.54, 1.807) is 0 Å². The van der Waals surface area contributed by atoms with Crippen LogP contribution in [0.1, 0.15) is 57.1 Å². The molecule has 0 heterocycles. The SMILES string of the molecule is CCCCCCC(C)NCc1ccc(F)c(C(F)(F)F)c1. The summed E-state index contributed by atoms with van der Waals surface area (Å²) in [6.45, 7) is 4.48. The van der Waals surface area contributed by atoms with Crippen LogP contribution in [0.5, 0.6) is 0 Å². The second kappa shape index (κ2) is 8.37. The summed E-state index contributed by atoms with van der Waals surface area (Å²) >= 11 is 0. The van der Waals surface area contributed by atoms with Gasteiger partial charge >= 0.3 is 6.18 Å². The van der Waals surface area contributed by atoms with Gasteiger partial charge in [-0.3, -0.25) is 0 Å². The monoisotopic (exact) mass is 305 g/mol. The van der Waals surface area contributed by atoms with E-state index in [9.17, 15) is 17.6 Å². The van der Waals surface area contributed by atoms with E-state index in [1.807, 2.05) is 6.92 Å². The largest absolute Gasteiger partial charge is 0.419 e. The first-order valence-corrected chi connectivity index (χ1v) is 7.43. The lowest BCUT2D eigenvalue weighted by molar-refractivity contribution is -0.140. The molecule has 1 rings (SSSR count). The maximum absolute atomic E-state index is 13.2. The molecule has 0 fully saturated rings. The number of hydrogen-bond acceptors (Lipinski definition) is 1. The lowest BCUT2D eigenvalue weighted by Crippen LogP contribution is -2.25. The number of benzene rings is 1. The van der Waals surface area contributed by atoms with Crippen LogP contribution >= 0.6 is 0 Å². The quantitative estimate of drug-likeness (QED) is 0.508. The minimum Gasteiger partial charge on any atom is -0.310 e. The zero-order valence-electron chi connectivity index (χ0n) is 12.6. The van der Waals surface area contributed by atoms with Gasteiger partial charge in [-0.25, -0.2) is 4.39 Å². The molecule has 0 aliphatic heterocycles.